The van der Waals surface area contributed by atoms with Gasteiger partial charge in [0.15, 0.2) is 0 Å². The van der Waals surface area contributed by atoms with Crippen molar-refractivity contribution in [2.75, 3.05) is 33.3 Å². The average Bonchev–Trinajstić information content (AvgIpc) is 2.84. The van der Waals surface area contributed by atoms with E-state index in [0.29, 0.717) is 12.1 Å². The van der Waals surface area contributed by atoms with Crippen molar-refractivity contribution in [3.8, 4) is 0 Å². The zero-order valence-corrected chi connectivity index (χ0v) is 20.7. The lowest BCUT2D eigenvalue weighted by molar-refractivity contribution is 0.0767. The molecule has 1 amide bonds. The molecule has 34 heavy (non-hydrogen) atoms. The number of hydrogen-bond acceptors (Lipinski definition) is 4. The van der Waals surface area contributed by atoms with Crippen molar-refractivity contribution in [1.82, 2.24) is 14.8 Å². The van der Waals surface area contributed by atoms with Crippen LogP contribution in [0.5, 0.6) is 0 Å². The van der Waals surface area contributed by atoms with E-state index in [0.717, 1.165) is 48.0 Å². The molecule has 0 saturated carbocycles. The van der Waals surface area contributed by atoms with Crippen molar-refractivity contribution in [3.63, 3.8) is 0 Å². The number of rotatable bonds is 5. The normalized spacial score (nSPS) is 14.9. The van der Waals surface area contributed by atoms with Gasteiger partial charge in [0.1, 0.15) is 0 Å². The summed E-state index contributed by atoms with van der Waals surface area (Å²) in [6.45, 7) is 9.17. The van der Waals surface area contributed by atoms with Crippen LogP contribution in [0.15, 0.2) is 66.4 Å². The first-order chi connectivity index (χ1) is 16.3. The summed E-state index contributed by atoms with van der Waals surface area (Å²) in [6, 6.07) is 18.4. The SMILES string of the molecule is CN(CCO)C(=O)c1ccc(C(=C2CCN(C(C)(C)C)CC2)c2cccc3cccnc23)cc1. The van der Waals surface area contributed by atoms with Gasteiger partial charge in [-0.15, -0.1) is 0 Å². The zero-order valence-electron chi connectivity index (χ0n) is 20.7. The van der Waals surface area contributed by atoms with Gasteiger partial charge in [0.25, 0.3) is 5.91 Å². The Morgan fingerprint density at radius 3 is 2.29 bits per heavy atom. The molecule has 5 nitrogen and oxygen atoms in total. The molecule has 0 atom stereocenters. The van der Waals surface area contributed by atoms with Crippen LogP contribution < -0.4 is 0 Å². The predicted octanol–water partition coefficient (Wildman–Crippen LogP) is 5.00. The Hall–Kier alpha value is -3.02. The minimum atomic E-state index is -0.0832. The summed E-state index contributed by atoms with van der Waals surface area (Å²) in [5.41, 5.74) is 6.73. The van der Waals surface area contributed by atoms with E-state index in [9.17, 15) is 4.79 Å². The number of aromatic nitrogens is 1. The molecule has 0 bridgehead atoms. The summed E-state index contributed by atoms with van der Waals surface area (Å²) in [6.07, 6.45) is 3.88. The number of benzene rings is 2. The van der Waals surface area contributed by atoms with Gasteiger partial charge in [-0.1, -0.05) is 42.0 Å². The van der Waals surface area contributed by atoms with E-state index >= 15 is 0 Å². The fraction of sp³-hybridized carbons (Fsp3) is 0.379. The Morgan fingerprint density at radius 2 is 1.65 bits per heavy atom. The number of carbonyl (C=O) groups is 1. The third-order valence-electron chi connectivity index (χ3n) is 6.77. The molecule has 4 rings (SSSR count). The molecule has 2 aromatic carbocycles. The summed E-state index contributed by atoms with van der Waals surface area (Å²) in [4.78, 5) is 21.5. The third kappa shape index (κ3) is 5.06. The van der Waals surface area contributed by atoms with Gasteiger partial charge in [0.05, 0.1) is 12.1 Å². The second kappa shape index (κ2) is 10.1. The number of para-hydroxylation sites is 1. The summed E-state index contributed by atoms with van der Waals surface area (Å²) in [5, 5.41) is 10.3. The van der Waals surface area contributed by atoms with E-state index in [2.05, 4.69) is 62.1 Å². The molecule has 0 radical (unpaired) electrons. The summed E-state index contributed by atoms with van der Waals surface area (Å²) >= 11 is 0. The van der Waals surface area contributed by atoms with Gasteiger partial charge in [-0.25, -0.2) is 0 Å². The van der Waals surface area contributed by atoms with E-state index in [1.165, 1.54) is 11.1 Å². The topological polar surface area (TPSA) is 56.7 Å². The van der Waals surface area contributed by atoms with Gasteiger partial charge >= 0.3 is 0 Å². The van der Waals surface area contributed by atoms with Crippen LogP contribution in [0.4, 0.5) is 0 Å². The fourth-order valence-corrected chi connectivity index (χ4v) is 4.80. The summed E-state index contributed by atoms with van der Waals surface area (Å²) in [7, 11) is 1.71. The molecule has 1 saturated heterocycles. The van der Waals surface area contributed by atoms with Crippen molar-refractivity contribution in [3.05, 3.63) is 83.1 Å². The smallest absolute Gasteiger partial charge is 0.253 e. The van der Waals surface area contributed by atoms with E-state index < -0.39 is 0 Å². The lowest BCUT2D eigenvalue weighted by Gasteiger charge is -2.39. The minimum absolute atomic E-state index is 0.0454. The van der Waals surface area contributed by atoms with E-state index in [4.69, 9.17) is 10.1 Å². The number of fused-ring (bicyclic) bond motifs is 1. The molecule has 0 aliphatic carbocycles. The van der Waals surface area contributed by atoms with Gasteiger partial charge in [-0.2, -0.15) is 0 Å². The van der Waals surface area contributed by atoms with Gasteiger partial charge in [-0.05, 0) is 62.9 Å². The number of pyridine rings is 1. The van der Waals surface area contributed by atoms with E-state index in [1.54, 1.807) is 11.9 Å². The molecule has 3 aromatic rings. The van der Waals surface area contributed by atoms with Crippen molar-refractivity contribution in [2.24, 2.45) is 0 Å². The standard InChI is InChI=1S/C29H35N3O2/c1-29(2,3)32-17-14-22(15-18-32)26(25-9-5-7-23-8-6-16-30-27(23)25)21-10-12-24(13-11-21)28(34)31(4)19-20-33/h5-13,16,33H,14-15,17-20H2,1-4H3. The molecular weight excluding hydrogens is 422 g/mol. The first kappa shape index (κ1) is 24.1. The molecule has 1 N–H and O–H groups in total. The van der Waals surface area contributed by atoms with Crippen LogP contribution in [0.3, 0.4) is 0 Å². The van der Waals surface area contributed by atoms with Crippen LogP contribution in [0.2, 0.25) is 0 Å². The third-order valence-corrected chi connectivity index (χ3v) is 6.77. The van der Waals surface area contributed by atoms with Crippen molar-refractivity contribution < 1.29 is 9.90 Å². The number of likely N-dealkylation sites (tertiary alicyclic amines) is 1. The van der Waals surface area contributed by atoms with E-state index in [1.807, 2.05) is 24.4 Å². The Morgan fingerprint density at radius 1 is 1.00 bits per heavy atom. The maximum absolute atomic E-state index is 12.7. The lowest BCUT2D eigenvalue weighted by atomic mass is 9.86. The number of likely N-dealkylation sites (N-methyl/N-ethyl adjacent to an activating group) is 1. The monoisotopic (exact) mass is 457 g/mol. The number of piperidine rings is 1. The molecule has 1 fully saturated rings. The van der Waals surface area contributed by atoms with Crippen molar-refractivity contribution >= 4 is 22.4 Å². The molecular formula is C29H35N3O2. The second-order valence-electron chi connectivity index (χ2n) is 10.0. The summed E-state index contributed by atoms with van der Waals surface area (Å²) < 4.78 is 0. The highest BCUT2D eigenvalue weighted by molar-refractivity contribution is 5.98. The highest BCUT2D eigenvalue weighted by Crippen LogP contribution is 2.36. The van der Waals surface area contributed by atoms with Gasteiger partial charge < -0.3 is 10.0 Å². The number of nitrogens with zero attached hydrogens (tertiary/aromatic N) is 3. The fourth-order valence-electron chi connectivity index (χ4n) is 4.80. The quantitative estimate of drug-likeness (QED) is 0.586. The zero-order chi connectivity index (χ0) is 24.3. The van der Waals surface area contributed by atoms with Crippen molar-refractivity contribution in [2.45, 2.75) is 39.2 Å². The predicted molar refractivity (Wildman–Crippen MR) is 139 cm³/mol. The largest absolute Gasteiger partial charge is 0.395 e. The van der Waals surface area contributed by atoms with Crippen LogP contribution in [0.25, 0.3) is 16.5 Å². The molecule has 1 aliphatic rings. The Bertz CT molecular complexity index is 1180. The van der Waals surface area contributed by atoms with Crippen LogP contribution >= 0.6 is 0 Å². The second-order valence-corrected chi connectivity index (χ2v) is 10.0. The van der Waals surface area contributed by atoms with Crippen LogP contribution in [-0.2, 0) is 0 Å². The Labute approximate surface area is 202 Å². The number of amides is 1. The molecule has 178 valence electrons. The average molecular weight is 458 g/mol. The number of aliphatic hydroxyl groups excluding tert-OH is 1. The Kier molecular flexibility index (Phi) is 7.15. The summed E-state index contributed by atoms with van der Waals surface area (Å²) in [5.74, 6) is -0.0832. The number of aliphatic hydroxyl groups is 1. The molecule has 1 aromatic heterocycles. The number of carbonyl (C=O) groups excluding carboxylic acids is 1. The van der Waals surface area contributed by atoms with Gasteiger partial charge in [0.2, 0.25) is 0 Å². The Balaban J connectivity index is 1.77. The van der Waals surface area contributed by atoms with Crippen molar-refractivity contribution in [1.29, 1.82) is 0 Å². The first-order valence-corrected chi connectivity index (χ1v) is 12.1. The van der Waals surface area contributed by atoms with Crippen LogP contribution in [0, 0.1) is 0 Å². The van der Waals surface area contributed by atoms with Crippen LogP contribution in [-0.4, -0.2) is 64.6 Å². The first-order valence-electron chi connectivity index (χ1n) is 12.1. The van der Waals surface area contributed by atoms with E-state index in [-0.39, 0.29) is 18.1 Å². The highest BCUT2D eigenvalue weighted by atomic mass is 16.3. The molecule has 0 unspecified atom stereocenters. The lowest BCUT2D eigenvalue weighted by Crippen LogP contribution is -2.44. The molecule has 0 spiro atoms. The molecule has 5 heteroatoms. The minimum Gasteiger partial charge on any atom is -0.395 e. The highest BCUT2D eigenvalue weighted by Gasteiger charge is 2.27. The van der Waals surface area contributed by atoms with Gasteiger partial charge in [0, 0.05) is 54.9 Å². The maximum atomic E-state index is 12.7. The van der Waals surface area contributed by atoms with Crippen LogP contribution in [0.1, 0.15) is 55.1 Å². The maximum Gasteiger partial charge on any atom is 0.253 e. The molecule has 2 heterocycles. The van der Waals surface area contributed by atoms with Gasteiger partial charge in [-0.3, -0.25) is 14.7 Å². The number of hydrogen-bond donors (Lipinski definition) is 1. The molecule has 1 aliphatic heterocycles.